The molecule has 0 atom stereocenters. The maximum Gasteiger partial charge on any atom is 0.340 e. The summed E-state index contributed by atoms with van der Waals surface area (Å²) in [5, 5.41) is 19.6. The summed E-state index contributed by atoms with van der Waals surface area (Å²) in [5.74, 6) is -0.524. The number of benzene rings is 1. The van der Waals surface area contributed by atoms with Crippen LogP contribution in [0.25, 0.3) is 11.0 Å². The molecule has 1 aromatic carbocycles. The molecule has 18 heavy (non-hydrogen) atoms. The monoisotopic (exact) mass is 268 g/mol. The summed E-state index contributed by atoms with van der Waals surface area (Å²) < 4.78 is 4.65. The number of aryl methyl sites for hydroxylation is 1. The second-order valence-corrected chi connectivity index (χ2v) is 3.79. The van der Waals surface area contributed by atoms with Gasteiger partial charge in [0.1, 0.15) is 11.0 Å². The molecule has 0 aliphatic carbocycles. The molecule has 7 nitrogen and oxygen atoms in total. The van der Waals surface area contributed by atoms with Gasteiger partial charge in [0.25, 0.3) is 0 Å². The molecule has 2 rings (SSSR count). The largest absolute Gasteiger partial charge is 0.465 e. The van der Waals surface area contributed by atoms with Crippen molar-refractivity contribution in [3.8, 4) is 0 Å². The minimum atomic E-state index is -0.524. The molecule has 0 saturated heterocycles. The van der Waals surface area contributed by atoms with E-state index < -0.39 is 5.97 Å². The highest BCUT2D eigenvalue weighted by Crippen LogP contribution is 2.21. The third-order valence-corrected chi connectivity index (χ3v) is 2.64. The van der Waals surface area contributed by atoms with Gasteiger partial charge in [-0.15, -0.1) is 0 Å². The van der Waals surface area contributed by atoms with Crippen LogP contribution >= 0.6 is 11.6 Å². The van der Waals surface area contributed by atoms with Crippen LogP contribution in [0.15, 0.2) is 17.3 Å². The number of ether oxygens (including phenoxy) is 1. The number of hydrogen-bond donors (Lipinski definition) is 1. The van der Waals surface area contributed by atoms with Crippen molar-refractivity contribution >= 4 is 33.8 Å². The molecule has 0 aliphatic rings. The topological polar surface area (TPSA) is 89.6 Å². The lowest BCUT2D eigenvalue weighted by Gasteiger charge is -2.02. The van der Waals surface area contributed by atoms with Gasteiger partial charge in [0.2, 0.25) is 0 Å². The van der Waals surface area contributed by atoms with Crippen LogP contribution < -0.4 is 0 Å². The molecule has 0 amide bonds. The number of esters is 1. The molecule has 8 heteroatoms. The SMILES string of the molecule is COC(=O)c1ccc(/C(Cl)=N/O)c2nn(C)nc12. The lowest BCUT2D eigenvalue weighted by molar-refractivity contribution is 0.0602. The minimum absolute atomic E-state index is 0.128. The van der Waals surface area contributed by atoms with Crippen LogP contribution in [0.1, 0.15) is 15.9 Å². The molecule has 0 bridgehead atoms. The van der Waals surface area contributed by atoms with Crippen molar-refractivity contribution in [3.63, 3.8) is 0 Å². The fourth-order valence-corrected chi connectivity index (χ4v) is 1.74. The summed E-state index contributed by atoms with van der Waals surface area (Å²) in [4.78, 5) is 12.9. The number of oxime groups is 1. The maximum atomic E-state index is 11.6. The number of nitrogens with zero attached hydrogens (tertiary/aromatic N) is 4. The Bertz CT molecular complexity index is 650. The van der Waals surface area contributed by atoms with Gasteiger partial charge in [-0.2, -0.15) is 15.0 Å². The third kappa shape index (κ3) is 1.88. The van der Waals surface area contributed by atoms with Gasteiger partial charge in [-0.05, 0) is 12.1 Å². The van der Waals surface area contributed by atoms with Crippen LogP contribution in [0.4, 0.5) is 0 Å². The predicted molar refractivity (Wildman–Crippen MR) is 64.0 cm³/mol. The lowest BCUT2D eigenvalue weighted by atomic mass is 10.1. The Labute approximate surface area is 107 Å². The van der Waals surface area contributed by atoms with Crippen LogP contribution in [0.2, 0.25) is 0 Å². The minimum Gasteiger partial charge on any atom is -0.465 e. The standard InChI is InChI=1S/C10H9ClN4O3/c1-15-12-7-5(9(11)14-17)3-4-6(8(7)13-15)10(16)18-2/h3-4,17H,1-2H3/b14-9-. The van der Waals surface area contributed by atoms with Crippen LogP contribution in [0.3, 0.4) is 0 Å². The zero-order valence-electron chi connectivity index (χ0n) is 9.59. The van der Waals surface area contributed by atoms with Crippen molar-refractivity contribution in [2.24, 2.45) is 12.2 Å². The van der Waals surface area contributed by atoms with Crippen molar-refractivity contribution in [1.29, 1.82) is 0 Å². The third-order valence-electron chi connectivity index (χ3n) is 2.36. The number of rotatable bonds is 2. The summed E-state index contributed by atoms with van der Waals surface area (Å²) in [6.07, 6.45) is 0. The number of aromatic nitrogens is 3. The van der Waals surface area contributed by atoms with Gasteiger partial charge in [-0.25, -0.2) is 4.79 Å². The molecule has 0 unspecified atom stereocenters. The van der Waals surface area contributed by atoms with Gasteiger partial charge in [-0.1, -0.05) is 16.8 Å². The van der Waals surface area contributed by atoms with Crippen molar-refractivity contribution in [2.45, 2.75) is 0 Å². The number of fused-ring (bicyclic) bond motifs is 1. The van der Waals surface area contributed by atoms with E-state index in [2.05, 4.69) is 20.1 Å². The van der Waals surface area contributed by atoms with Crippen molar-refractivity contribution in [3.05, 3.63) is 23.3 Å². The van der Waals surface area contributed by atoms with Crippen molar-refractivity contribution in [1.82, 2.24) is 15.0 Å². The normalized spacial score (nSPS) is 11.8. The molecule has 1 heterocycles. The van der Waals surface area contributed by atoms with E-state index in [9.17, 15) is 4.79 Å². The van der Waals surface area contributed by atoms with Crippen LogP contribution in [0, 0.1) is 0 Å². The van der Waals surface area contributed by atoms with Crippen molar-refractivity contribution in [2.75, 3.05) is 7.11 Å². The number of hydrogen-bond acceptors (Lipinski definition) is 6. The highest BCUT2D eigenvalue weighted by molar-refractivity contribution is 6.70. The molecule has 2 aromatic rings. The summed E-state index contributed by atoms with van der Waals surface area (Å²) in [6.45, 7) is 0. The highest BCUT2D eigenvalue weighted by Gasteiger charge is 2.19. The predicted octanol–water partition coefficient (Wildman–Crippen LogP) is 1.13. The number of methoxy groups -OCH3 is 1. The highest BCUT2D eigenvalue weighted by atomic mass is 35.5. The van der Waals surface area contributed by atoms with Crippen LogP contribution in [0.5, 0.6) is 0 Å². The number of carbonyl (C=O) groups is 1. The number of halogens is 1. The van der Waals surface area contributed by atoms with Gasteiger partial charge >= 0.3 is 5.97 Å². The Morgan fingerprint density at radius 1 is 1.39 bits per heavy atom. The maximum absolute atomic E-state index is 11.6. The van der Waals surface area contributed by atoms with E-state index in [0.29, 0.717) is 16.6 Å². The summed E-state index contributed by atoms with van der Waals surface area (Å²) in [5.41, 5.74) is 1.36. The first kappa shape index (κ1) is 12.3. The van der Waals surface area contributed by atoms with Crippen molar-refractivity contribution < 1.29 is 14.7 Å². The molecular weight excluding hydrogens is 260 g/mol. The van der Waals surface area contributed by atoms with E-state index in [1.165, 1.54) is 24.0 Å². The fourth-order valence-electron chi connectivity index (χ4n) is 1.59. The Kier molecular flexibility index (Phi) is 3.15. The number of carbonyl (C=O) groups excluding carboxylic acids is 1. The first-order chi connectivity index (χ1) is 8.58. The van der Waals surface area contributed by atoms with E-state index in [0.717, 1.165) is 0 Å². The first-order valence-electron chi connectivity index (χ1n) is 4.88. The second kappa shape index (κ2) is 4.61. The molecule has 0 saturated carbocycles. The van der Waals surface area contributed by atoms with Crippen LogP contribution in [-0.4, -0.2) is 38.5 Å². The summed E-state index contributed by atoms with van der Waals surface area (Å²) in [7, 11) is 2.88. The fraction of sp³-hybridized carbons (Fsp3) is 0.200. The zero-order valence-corrected chi connectivity index (χ0v) is 10.3. The zero-order chi connectivity index (χ0) is 13.3. The Balaban J connectivity index is 2.77. The van der Waals surface area contributed by atoms with Gasteiger partial charge in [0.15, 0.2) is 5.17 Å². The first-order valence-corrected chi connectivity index (χ1v) is 5.26. The van der Waals surface area contributed by atoms with Gasteiger partial charge < -0.3 is 9.94 Å². The van der Waals surface area contributed by atoms with Crippen LogP contribution in [-0.2, 0) is 11.8 Å². The summed E-state index contributed by atoms with van der Waals surface area (Å²) in [6, 6.07) is 3.01. The van der Waals surface area contributed by atoms with E-state index in [-0.39, 0.29) is 10.7 Å². The van der Waals surface area contributed by atoms with E-state index in [4.69, 9.17) is 16.8 Å². The lowest BCUT2D eigenvalue weighted by Crippen LogP contribution is -2.04. The molecule has 0 fully saturated rings. The average molecular weight is 269 g/mol. The Morgan fingerprint density at radius 2 is 1.94 bits per heavy atom. The molecule has 0 spiro atoms. The second-order valence-electron chi connectivity index (χ2n) is 3.43. The molecular formula is C10H9ClN4O3. The van der Waals surface area contributed by atoms with E-state index >= 15 is 0 Å². The Hall–Kier alpha value is -2.15. The molecule has 0 aliphatic heterocycles. The molecule has 1 N–H and O–H groups in total. The van der Waals surface area contributed by atoms with Gasteiger partial charge in [0.05, 0.1) is 12.7 Å². The van der Waals surface area contributed by atoms with Gasteiger partial charge in [-0.3, -0.25) is 0 Å². The molecule has 1 aromatic heterocycles. The van der Waals surface area contributed by atoms with E-state index in [1.54, 1.807) is 7.05 Å². The molecule has 94 valence electrons. The van der Waals surface area contributed by atoms with Gasteiger partial charge in [0, 0.05) is 12.6 Å². The smallest absolute Gasteiger partial charge is 0.340 e. The Morgan fingerprint density at radius 3 is 2.50 bits per heavy atom. The van der Waals surface area contributed by atoms with E-state index in [1.807, 2.05) is 0 Å². The summed E-state index contributed by atoms with van der Waals surface area (Å²) >= 11 is 5.75. The molecule has 0 radical (unpaired) electrons. The average Bonchev–Trinajstić information content (AvgIpc) is 2.76. The quantitative estimate of drug-likeness (QED) is 0.382.